The molecule has 0 atom stereocenters. The lowest BCUT2D eigenvalue weighted by Crippen LogP contribution is -2.26. The summed E-state index contributed by atoms with van der Waals surface area (Å²) in [5.41, 5.74) is 1.04. The fourth-order valence-corrected chi connectivity index (χ4v) is 1.89. The predicted molar refractivity (Wildman–Crippen MR) is 62.0 cm³/mol. The zero-order chi connectivity index (χ0) is 11.7. The average Bonchev–Trinajstić information content (AvgIpc) is 2.65. The van der Waals surface area contributed by atoms with Crippen LogP contribution in [0.4, 0.5) is 0 Å². The van der Waals surface area contributed by atoms with Crippen LogP contribution in [0.25, 0.3) is 5.65 Å². The number of imidazole rings is 1. The molecule has 6 heteroatoms. The van der Waals surface area contributed by atoms with Crippen LogP contribution in [-0.4, -0.2) is 34.5 Å². The lowest BCUT2D eigenvalue weighted by molar-refractivity contribution is -0.0760. The summed E-state index contributed by atoms with van der Waals surface area (Å²) in [6.07, 6.45) is 1.83. The molecule has 0 aliphatic carbocycles. The van der Waals surface area contributed by atoms with Crippen LogP contribution in [0.2, 0.25) is 0 Å². The molecular formula is C10H10BrN3O2. The third-order valence-corrected chi connectivity index (χ3v) is 2.99. The Morgan fingerprint density at radius 1 is 1.56 bits per heavy atom. The number of fused-ring (bicyclic) bond motifs is 1. The van der Waals surface area contributed by atoms with Crippen molar-refractivity contribution in [3.63, 3.8) is 0 Å². The monoisotopic (exact) mass is 283 g/mol. The summed E-state index contributed by atoms with van der Waals surface area (Å²) in [5, 5.41) is 1.13. The number of hydrogen-bond acceptors (Lipinski definition) is 3. The number of halogens is 1. The molecule has 0 saturated carbocycles. The van der Waals surface area contributed by atoms with Crippen molar-refractivity contribution in [3.05, 3.63) is 34.7 Å². The van der Waals surface area contributed by atoms with Gasteiger partial charge in [-0.15, -0.1) is 0 Å². The summed E-state index contributed by atoms with van der Waals surface area (Å²) in [7, 11) is 2.97. The van der Waals surface area contributed by atoms with E-state index in [1.165, 1.54) is 7.11 Å². The molecule has 2 heterocycles. The third kappa shape index (κ3) is 1.70. The smallest absolute Gasteiger partial charge is 0.294 e. The molecule has 0 saturated heterocycles. The molecule has 0 aromatic carbocycles. The summed E-state index contributed by atoms with van der Waals surface area (Å²) >= 11 is 3.35. The average molecular weight is 284 g/mol. The van der Waals surface area contributed by atoms with E-state index in [2.05, 4.69) is 20.9 Å². The number of rotatable bonds is 2. The Morgan fingerprint density at radius 2 is 2.31 bits per heavy atom. The van der Waals surface area contributed by atoms with Crippen molar-refractivity contribution in [2.75, 3.05) is 14.2 Å². The van der Waals surface area contributed by atoms with Gasteiger partial charge in [0.1, 0.15) is 10.3 Å². The third-order valence-electron chi connectivity index (χ3n) is 2.23. The van der Waals surface area contributed by atoms with Gasteiger partial charge in [0.25, 0.3) is 5.91 Å². The molecule has 0 spiro atoms. The van der Waals surface area contributed by atoms with E-state index >= 15 is 0 Å². The molecule has 2 aromatic heterocycles. The van der Waals surface area contributed by atoms with Gasteiger partial charge in [0, 0.05) is 13.2 Å². The van der Waals surface area contributed by atoms with Crippen molar-refractivity contribution in [3.8, 4) is 0 Å². The van der Waals surface area contributed by atoms with Gasteiger partial charge in [0.15, 0.2) is 5.69 Å². The largest absolute Gasteiger partial charge is 0.298 e. The maximum atomic E-state index is 11.9. The van der Waals surface area contributed by atoms with E-state index in [1.54, 1.807) is 11.4 Å². The fraction of sp³-hybridized carbons (Fsp3) is 0.200. The highest BCUT2D eigenvalue weighted by Crippen LogP contribution is 2.19. The summed E-state index contributed by atoms with van der Waals surface area (Å²) in [5.74, 6) is -0.293. The van der Waals surface area contributed by atoms with Crippen molar-refractivity contribution >= 4 is 27.5 Å². The molecule has 1 amide bonds. The number of hydroxylamine groups is 2. The molecule has 16 heavy (non-hydrogen) atoms. The van der Waals surface area contributed by atoms with Gasteiger partial charge < -0.3 is 0 Å². The normalized spacial score (nSPS) is 10.7. The van der Waals surface area contributed by atoms with Gasteiger partial charge in [0.05, 0.1) is 7.11 Å². The van der Waals surface area contributed by atoms with Crippen LogP contribution in [0.1, 0.15) is 10.5 Å². The zero-order valence-corrected chi connectivity index (χ0v) is 10.4. The first-order valence-electron chi connectivity index (χ1n) is 4.60. The van der Waals surface area contributed by atoms with E-state index in [0.717, 1.165) is 5.06 Å². The minimum atomic E-state index is -0.293. The molecule has 0 N–H and O–H groups in total. The molecule has 5 nitrogen and oxygen atoms in total. The maximum absolute atomic E-state index is 11.9. The van der Waals surface area contributed by atoms with E-state index in [-0.39, 0.29) is 5.91 Å². The first-order valence-corrected chi connectivity index (χ1v) is 5.39. The highest BCUT2D eigenvalue weighted by Gasteiger charge is 2.20. The molecule has 0 fully saturated rings. The Bertz CT molecular complexity index is 538. The SMILES string of the molecule is CON(C)C(=O)c1nc2ccccn2c1Br. The minimum absolute atomic E-state index is 0.293. The highest BCUT2D eigenvalue weighted by atomic mass is 79.9. The second-order valence-electron chi connectivity index (χ2n) is 3.17. The Labute approximate surface area is 101 Å². The molecule has 0 bridgehead atoms. The Balaban J connectivity index is 2.53. The molecule has 2 aromatic rings. The van der Waals surface area contributed by atoms with Crippen LogP contribution in [0.5, 0.6) is 0 Å². The predicted octanol–water partition coefficient (Wildman–Crippen LogP) is 1.73. The first kappa shape index (κ1) is 11.1. The van der Waals surface area contributed by atoms with E-state index in [0.29, 0.717) is 15.9 Å². The van der Waals surface area contributed by atoms with Gasteiger partial charge in [-0.1, -0.05) is 6.07 Å². The van der Waals surface area contributed by atoms with Crippen molar-refractivity contribution in [2.45, 2.75) is 0 Å². The number of carbonyl (C=O) groups excluding carboxylic acids is 1. The Morgan fingerprint density at radius 3 is 2.94 bits per heavy atom. The molecule has 84 valence electrons. The van der Waals surface area contributed by atoms with Gasteiger partial charge >= 0.3 is 0 Å². The van der Waals surface area contributed by atoms with Gasteiger partial charge in [0.2, 0.25) is 0 Å². The van der Waals surface area contributed by atoms with Crippen LogP contribution >= 0.6 is 15.9 Å². The van der Waals surface area contributed by atoms with Crippen molar-refractivity contribution < 1.29 is 9.63 Å². The standard InChI is InChI=1S/C10H10BrN3O2/c1-13(16-2)10(15)8-9(11)14-6-4-3-5-7(14)12-8/h3-6H,1-2H3. The second kappa shape index (κ2) is 4.23. The van der Waals surface area contributed by atoms with Crippen LogP contribution in [-0.2, 0) is 4.84 Å². The van der Waals surface area contributed by atoms with Crippen molar-refractivity contribution in [2.24, 2.45) is 0 Å². The Hall–Kier alpha value is -1.40. The van der Waals surface area contributed by atoms with Crippen LogP contribution in [0.15, 0.2) is 29.0 Å². The van der Waals surface area contributed by atoms with Crippen LogP contribution < -0.4 is 0 Å². The number of pyridine rings is 1. The molecule has 0 aliphatic heterocycles. The van der Waals surface area contributed by atoms with Crippen LogP contribution in [0, 0.1) is 0 Å². The zero-order valence-electron chi connectivity index (χ0n) is 8.85. The molecule has 2 rings (SSSR count). The fourth-order valence-electron chi connectivity index (χ4n) is 1.33. The number of aromatic nitrogens is 2. The Kier molecular flexibility index (Phi) is 2.93. The number of amides is 1. The van der Waals surface area contributed by atoms with Gasteiger partial charge in [-0.25, -0.2) is 10.0 Å². The minimum Gasteiger partial charge on any atom is -0.294 e. The van der Waals surface area contributed by atoms with Crippen molar-refractivity contribution in [1.29, 1.82) is 0 Å². The molecule has 0 radical (unpaired) electrons. The van der Waals surface area contributed by atoms with Crippen molar-refractivity contribution in [1.82, 2.24) is 14.4 Å². The van der Waals surface area contributed by atoms with E-state index in [4.69, 9.17) is 4.84 Å². The topological polar surface area (TPSA) is 46.8 Å². The summed E-state index contributed by atoms with van der Waals surface area (Å²) < 4.78 is 2.41. The van der Waals surface area contributed by atoms with E-state index in [1.807, 2.05) is 24.4 Å². The highest BCUT2D eigenvalue weighted by molar-refractivity contribution is 9.10. The molecular weight excluding hydrogens is 274 g/mol. The number of nitrogens with zero attached hydrogens (tertiary/aromatic N) is 3. The molecule has 0 aliphatic rings. The summed E-state index contributed by atoms with van der Waals surface area (Å²) in [6, 6.07) is 5.56. The molecule has 0 unspecified atom stereocenters. The lowest BCUT2D eigenvalue weighted by atomic mass is 10.4. The van der Waals surface area contributed by atoms with Gasteiger partial charge in [-0.2, -0.15) is 0 Å². The summed E-state index contributed by atoms with van der Waals surface area (Å²) in [4.78, 5) is 20.9. The van der Waals surface area contributed by atoms with E-state index < -0.39 is 0 Å². The second-order valence-corrected chi connectivity index (χ2v) is 3.92. The number of carbonyl (C=O) groups is 1. The summed E-state index contributed by atoms with van der Waals surface area (Å²) in [6.45, 7) is 0. The maximum Gasteiger partial charge on any atom is 0.298 e. The number of hydrogen-bond donors (Lipinski definition) is 0. The first-order chi connectivity index (χ1) is 7.65. The van der Waals surface area contributed by atoms with Gasteiger partial charge in [-0.3, -0.25) is 14.0 Å². The van der Waals surface area contributed by atoms with E-state index in [9.17, 15) is 4.79 Å². The lowest BCUT2D eigenvalue weighted by Gasteiger charge is -2.11. The quantitative estimate of drug-likeness (QED) is 0.789. The van der Waals surface area contributed by atoms with Crippen LogP contribution in [0.3, 0.4) is 0 Å². The van der Waals surface area contributed by atoms with Gasteiger partial charge in [-0.05, 0) is 28.1 Å².